The van der Waals surface area contributed by atoms with Crippen molar-refractivity contribution < 1.29 is 8.83 Å². The van der Waals surface area contributed by atoms with Gasteiger partial charge in [-0.2, -0.15) is 0 Å². The maximum atomic E-state index is 6.26. The molecule has 3 aromatic heterocycles. The monoisotopic (exact) mass is 718 g/mol. The minimum absolute atomic E-state index is 0.298. The Balaban J connectivity index is 1.12. The van der Waals surface area contributed by atoms with Crippen LogP contribution < -0.4 is 0 Å². The van der Waals surface area contributed by atoms with Crippen molar-refractivity contribution in [1.29, 1.82) is 0 Å². The van der Waals surface area contributed by atoms with Gasteiger partial charge in [0.25, 0.3) is 0 Å². The summed E-state index contributed by atoms with van der Waals surface area (Å²) in [5.41, 5.74) is 17.3. The summed E-state index contributed by atoms with van der Waals surface area (Å²) in [4.78, 5) is 5.29. The molecule has 1 aliphatic rings. The number of benzene rings is 8. The van der Waals surface area contributed by atoms with Crippen LogP contribution in [0.4, 0.5) is 0 Å². The summed E-state index contributed by atoms with van der Waals surface area (Å²) in [6, 6.07) is 60.6. The summed E-state index contributed by atoms with van der Waals surface area (Å²) in [5.74, 6) is 0.922. The lowest BCUT2D eigenvalue weighted by Crippen LogP contribution is -2.15. The van der Waals surface area contributed by atoms with E-state index in [4.69, 9.17) is 13.8 Å². The van der Waals surface area contributed by atoms with Crippen molar-refractivity contribution in [1.82, 2.24) is 9.55 Å². The molecule has 0 unspecified atom stereocenters. The number of furan rings is 2. The van der Waals surface area contributed by atoms with Crippen LogP contribution in [-0.2, 0) is 5.41 Å². The van der Waals surface area contributed by atoms with Crippen molar-refractivity contribution in [3.8, 4) is 50.5 Å². The van der Waals surface area contributed by atoms with Gasteiger partial charge in [0, 0.05) is 38.1 Å². The highest BCUT2D eigenvalue weighted by atomic mass is 16.3. The van der Waals surface area contributed by atoms with Gasteiger partial charge in [-0.15, -0.1) is 0 Å². The largest absolute Gasteiger partial charge is 0.456 e. The molecule has 0 amide bonds. The van der Waals surface area contributed by atoms with Crippen LogP contribution in [0, 0.1) is 0 Å². The van der Waals surface area contributed by atoms with Crippen molar-refractivity contribution in [3.05, 3.63) is 181 Å². The van der Waals surface area contributed by atoms with E-state index in [-0.39, 0.29) is 5.41 Å². The van der Waals surface area contributed by atoms with Gasteiger partial charge in [-0.05, 0) is 106 Å². The lowest BCUT2D eigenvalue weighted by molar-refractivity contribution is 0.660. The van der Waals surface area contributed by atoms with E-state index in [2.05, 4.69) is 164 Å². The molecule has 4 nitrogen and oxygen atoms in total. The van der Waals surface area contributed by atoms with Gasteiger partial charge in [0.15, 0.2) is 0 Å². The van der Waals surface area contributed by atoms with Crippen LogP contribution in [0.15, 0.2) is 179 Å². The van der Waals surface area contributed by atoms with Crippen molar-refractivity contribution in [2.45, 2.75) is 19.3 Å². The van der Waals surface area contributed by atoms with E-state index in [9.17, 15) is 0 Å². The molecule has 3 heterocycles. The van der Waals surface area contributed by atoms with Gasteiger partial charge in [-0.25, -0.2) is 4.98 Å². The molecule has 0 atom stereocenters. The highest BCUT2D eigenvalue weighted by Crippen LogP contribution is 2.54. The molecule has 1 aliphatic carbocycles. The number of nitrogens with zero attached hydrogens (tertiary/aromatic N) is 2. The summed E-state index contributed by atoms with van der Waals surface area (Å²) < 4.78 is 14.8. The summed E-state index contributed by atoms with van der Waals surface area (Å²) in [7, 11) is 0. The van der Waals surface area contributed by atoms with Crippen molar-refractivity contribution in [2.24, 2.45) is 0 Å². The second kappa shape index (κ2) is 11.4. The van der Waals surface area contributed by atoms with Crippen LogP contribution in [-0.4, -0.2) is 9.55 Å². The van der Waals surface area contributed by atoms with Gasteiger partial charge in [-0.1, -0.05) is 117 Å². The molecule has 0 spiro atoms. The Bertz CT molecular complexity index is 3400. The first-order valence-corrected chi connectivity index (χ1v) is 19.2. The van der Waals surface area contributed by atoms with Gasteiger partial charge >= 0.3 is 0 Å². The van der Waals surface area contributed by atoms with Crippen LogP contribution in [0.3, 0.4) is 0 Å². The van der Waals surface area contributed by atoms with Gasteiger partial charge < -0.3 is 8.83 Å². The molecule has 0 radical (unpaired) electrons. The van der Waals surface area contributed by atoms with Crippen molar-refractivity contribution in [3.63, 3.8) is 0 Å². The van der Waals surface area contributed by atoms with Crippen molar-refractivity contribution >= 4 is 54.9 Å². The molecule has 56 heavy (non-hydrogen) atoms. The molecule has 11 aromatic rings. The van der Waals surface area contributed by atoms with Crippen LogP contribution >= 0.6 is 0 Å². The Morgan fingerprint density at radius 2 is 1.00 bits per heavy atom. The van der Waals surface area contributed by atoms with E-state index >= 15 is 0 Å². The number of fused-ring (bicyclic) bond motifs is 10. The van der Waals surface area contributed by atoms with Gasteiger partial charge in [0.05, 0.1) is 16.7 Å². The first-order chi connectivity index (χ1) is 27.5. The average Bonchev–Trinajstić information content (AvgIpc) is 3.98. The van der Waals surface area contributed by atoms with E-state index < -0.39 is 0 Å². The number of rotatable bonds is 4. The fourth-order valence-corrected chi connectivity index (χ4v) is 9.21. The van der Waals surface area contributed by atoms with Gasteiger partial charge in [0.2, 0.25) is 0 Å². The molecular weight excluding hydrogens is 685 g/mol. The third-order valence-corrected chi connectivity index (χ3v) is 12.0. The number of imidazole rings is 1. The summed E-state index contributed by atoms with van der Waals surface area (Å²) >= 11 is 0. The zero-order chi connectivity index (χ0) is 37.1. The van der Waals surface area contributed by atoms with Crippen LogP contribution in [0.2, 0.25) is 0 Å². The minimum atomic E-state index is -0.298. The zero-order valence-corrected chi connectivity index (χ0v) is 30.9. The average molecular weight is 719 g/mol. The van der Waals surface area contributed by atoms with Crippen molar-refractivity contribution in [2.75, 3.05) is 0 Å². The van der Waals surface area contributed by atoms with E-state index in [0.717, 1.165) is 83.1 Å². The third-order valence-electron chi connectivity index (χ3n) is 12.0. The number of hydrogen-bond acceptors (Lipinski definition) is 3. The maximum absolute atomic E-state index is 6.26. The number of para-hydroxylation sites is 4. The quantitative estimate of drug-likeness (QED) is 0.182. The fraction of sp³-hybridized carbons (Fsp3) is 0.0577. The predicted molar refractivity (Wildman–Crippen MR) is 229 cm³/mol. The molecule has 0 aliphatic heterocycles. The Kier molecular flexibility index (Phi) is 6.37. The van der Waals surface area contributed by atoms with Crippen LogP contribution in [0.5, 0.6) is 0 Å². The Labute approximate surface area is 322 Å². The number of aromatic nitrogens is 2. The van der Waals surface area contributed by atoms with E-state index in [0.29, 0.717) is 0 Å². The predicted octanol–water partition coefficient (Wildman–Crippen LogP) is 14.1. The second-order valence-electron chi connectivity index (χ2n) is 15.5. The molecule has 0 saturated heterocycles. The van der Waals surface area contributed by atoms with E-state index in [1.54, 1.807) is 0 Å². The lowest BCUT2D eigenvalue weighted by Gasteiger charge is -2.24. The number of hydrogen-bond donors (Lipinski definition) is 0. The molecular formula is C52H34N2O2. The Hall–Kier alpha value is -7.17. The molecule has 0 fully saturated rings. The normalized spacial score (nSPS) is 13.3. The fourth-order valence-electron chi connectivity index (χ4n) is 9.21. The smallest absolute Gasteiger partial charge is 0.145 e. The maximum Gasteiger partial charge on any atom is 0.145 e. The third kappa shape index (κ3) is 4.44. The van der Waals surface area contributed by atoms with Gasteiger partial charge in [0.1, 0.15) is 28.2 Å². The molecule has 8 aromatic carbocycles. The molecule has 12 rings (SSSR count). The van der Waals surface area contributed by atoms with E-state index in [1.807, 2.05) is 24.3 Å². The summed E-state index contributed by atoms with van der Waals surface area (Å²) in [6.45, 7) is 4.75. The standard InChI is InChI=1S/C52H34N2O2/c1-52(2)41-28-34(32-21-24-48-39(26-32)36-14-6-10-18-46(36)55-48)20-23-38(41)50-42(52)29-35(33-22-25-49-40(27-33)37-15-7-11-19-47(37)56-49)30-45(50)54-44-17-9-8-16-43(44)53-51(54)31-12-4-3-5-13-31/h3-30H,1-2H3. The molecule has 0 bridgehead atoms. The first kappa shape index (κ1) is 31.2. The summed E-state index contributed by atoms with van der Waals surface area (Å²) in [5, 5.41) is 4.52. The molecule has 0 saturated carbocycles. The van der Waals surface area contributed by atoms with Gasteiger partial charge in [-0.3, -0.25) is 4.57 Å². The zero-order valence-electron chi connectivity index (χ0n) is 30.9. The SMILES string of the molecule is CC1(C)c2cc(-c3ccc4oc5ccccc5c4c3)ccc2-c2c(-n3c(-c4ccccc4)nc4ccccc43)cc(-c3ccc4oc5ccccc5c4c3)cc21. The Morgan fingerprint density at radius 1 is 0.446 bits per heavy atom. The molecule has 4 heteroatoms. The highest BCUT2D eigenvalue weighted by Gasteiger charge is 2.39. The topological polar surface area (TPSA) is 44.1 Å². The lowest BCUT2D eigenvalue weighted by atomic mass is 9.80. The first-order valence-electron chi connectivity index (χ1n) is 19.2. The molecule has 264 valence electrons. The van der Waals surface area contributed by atoms with E-state index in [1.165, 1.54) is 33.4 Å². The second-order valence-corrected chi connectivity index (χ2v) is 15.5. The Morgan fingerprint density at radius 3 is 1.71 bits per heavy atom. The summed E-state index contributed by atoms with van der Waals surface area (Å²) in [6.07, 6.45) is 0. The van der Waals surface area contributed by atoms with Crippen LogP contribution in [0.25, 0.3) is 105 Å². The minimum Gasteiger partial charge on any atom is -0.456 e. The highest BCUT2D eigenvalue weighted by molar-refractivity contribution is 6.08. The molecule has 0 N–H and O–H groups in total. The van der Waals surface area contributed by atoms with Crippen LogP contribution in [0.1, 0.15) is 25.0 Å².